The molecule has 0 aromatic carbocycles. The first kappa shape index (κ1) is 10.8. The average Bonchev–Trinajstić information content (AvgIpc) is 2.73. The van der Waals surface area contributed by atoms with Crippen LogP contribution in [-0.2, 0) is 6.54 Å². The van der Waals surface area contributed by atoms with Crippen molar-refractivity contribution in [3.05, 3.63) is 41.9 Å². The van der Waals surface area contributed by atoms with Crippen LogP contribution in [0.2, 0.25) is 0 Å². The molecule has 0 spiro atoms. The van der Waals surface area contributed by atoms with Crippen molar-refractivity contribution in [2.24, 2.45) is 5.73 Å². The van der Waals surface area contributed by atoms with Crippen molar-refractivity contribution in [3.8, 4) is 5.82 Å². The summed E-state index contributed by atoms with van der Waals surface area (Å²) in [5.41, 5.74) is 7.93. The summed E-state index contributed by atoms with van der Waals surface area (Å²) in [5.74, 6) is 1.22. The van der Waals surface area contributed by atoms with Gasteiger partial charge >= 0.3 is 0 Å². The van der Waals surface area contributed by atoms with E-state index in [0.29, 0.717) is 12.5 Å². The Morgan fingerprint density at radius 3 is 2.75 bits per heavy atom. The first-order chi connectivity index (χ1) is 7.74. The van der Waals surface area contributed by atoms with Crippen molar-refractivity contribution in [2.75, 3.05) is 0 Å². The molecule has 4 nitrogen and oxygen atoms in total. The highest BCUT2D eigenvalue weighted by molar-refractivity contribution is 5.30. The van der Waals surface area contributed by atoms with Crippen molar-refractivity contribution in [1.29, 1.82) is 0 Å². The third kappa shape index (κ3) is 1.84. The topological polar surface area (TPSA) is 56.7 Å². The molecule has 0 saturated heterocycles. The fraction of sp³-hybridized carbons (Fsp3) is 0.333. The Balaban J connectivity index is 2.53. The van der Waals surface area contributed by atoms with Crippen LogP contribution in [0, 0.1) is 0 Å². The molecule has 4 heteroatoms. The minimum absolute atomic E-state index is 0.378. The number of rotatable bonds is 3. The molecular formula is C12H16N4. The quantitative estimate of drug-likeness (QED) is 0.851. The number of hydrogen-bond donors (Lipinski definition) is 1. The third-order valence-electron chi connectivity index (χ3n) is 2.52. The predicted molar refractivity (Wildman–Crippen MR) is 63.3 cm³/mol. The molecule has 2 aromatic heterocycles. The Kier molecular flexibility index (Phi) is 3.01. The fourth-order valence-corrected chi connectivity index (χ4v) is 1.83. The van der Waals surface area contributed by atoms with E-state index in [9.17, 15) is 0 Å². The molecule has 2 aromatic rings. The highest BCUT2D eigenvalue weighted by atomic mass is 15.3. The van der Waals surface area contributed by atoms with Crippen molar-refractivity contribution in [2.45, 2.75) is 26.3 Å². The summed E-state index contributed by atoms with van der Waals surface area (Å²) in [5, 5.41) is 4.35. The van der Waals surface area contributed by atoms with E-state index in [4.69, 9.17) is 5.73 Å². The molecule has 0 aliphatic rings. The minimum Gasteiger partial charge on any atom is -0.326 e. The SMILES string of the molecule is CC(C)c1c(CN)cnn1-c1ccccn1. The lowest BCUT2D eigenvalue weighted by molar-refractivity contribution is 0.713. The zero-order chi connectivity index (χ0) is 11.5. The Labute approximate surface area is 95.1 Å². The smallest absolute Gasteiger partial charge is 0.153 e. The maximum absolute atomic E-state index is 5.71. The molecule has 0 atom stereocenters. The molecule has 2 rings (SSSR count). The van der Waals surface area contributed by atoms with Crippen LogP contribution in [0.5, 0.6) is 0 Å². The van der Waals surface area contributed by atoms with Gasteiger partial charge in [-0.2, -0.15) is 5.10 Å². The number of aromatic nitrogens is 3. The summed E-state index contributed by atoms with van der Waals surface area (Å²) in [6, 6.07) is 5.79. The summed E-state index contributed by atoms with van der Waals surface area (Å²) in [6.07, 6.45) is 3.59. The molecule has 0 fully saturated rings. The summed E-state index contributed by atoms with van der Waals surface area (Å²) < 4.78 is 1.87. The van der Waals surface area contributed by atoms with Gasteiger partial charge in [0.15, 0.2) is 5.82 Å². The second-order valence-corrected chi connectivity index (χ2v) is 4.01. The van der Waals surface area contributed by atoms with E-state index in [1.807, 2.05) is 29.1 Å². The van der Waals surface area contributed by atoms with E-state index < -0.39 is 0 Å². The molecule has 0 aliphatic carbocycles. The van der Waals surface area contributed by atoms with Crippen LogP contribution in [0.15, 0.2) is 30.6 Å². The van der Waals surface area contributed by atoms with Crippen molar-refractivity contribution >= 4 is 0 Å². The van der Waals surface area contributed by atoms with Crippen molar-refractivity contribution < 1.29 is 0 Å². The van der Waals surface area contributed by atoms with E-state index in [0.717, 1.165) is 17.1 Å². The standard InChI is InChI=1S/C12H16N4/c1-9(2)12-10(7-13)8-15-16(12)11-5-3-4-6-14-11/h3-6,8-9H,7,13H2,1-2H3. The molecule has 0 amide bonds. The molecular weight excluding hydrogens is 200 g/mol. The monoisotopic (exact) mass is 216 g/mol. The summed E-state index contributed by atoms with van der Waals surface area (Å²) >= 11 is 0. The molecule has 0 bridgehead atoms. The molecule has 2 heterocycles. The maximum Gasteiger partial charge on any atom is 0.153 e. The largest absolute Gasteiger partial charge is 0.326 e. The van der Waals surface area contributed by atoms with Gasteiger partial charge in [0.1, 0.15) is 0 Å². The third-order valence-corrected chi connectivity index (χ3v) is 2.52. The van der Waals surface area contributed by atoms with Crippen LogP contribution < -0.4 is 5.73 Å². The first-order valence-electron chi connectivity index (χ1n) is 5.42. The maximum atomic E-state index is 5.71. The van der Waals surface area contributed by atoms with Crippen LogP contribution in [0.1, 0.15) is 31.0 Å². The van der Waals surface area contributed by atoms with Gasteiger partial charge in [0.2, 0.25) is 0 Å². The fourth-order valence-electron chi connectivity index (χ4n) is 1.83. The van der Waals surface area contributed by atoms with Gasteiger partial charge in [-0.3, -0.25) is 0 Å². The number of hydrogen-bond acceptors (Lipinski definition) is 3. The van der Waals surface area contributed by atoms with Gasteiger partial charge in [-0.05, 0) is 18.1 Å². The van der Waals surface area contributed by atoms with Gasteiger partial charge in [-0.1, -0.05) is 19.9 Å². The second-order valence-electron chi connectivity index (χ2n) is 4.01. The first-order valence-corrected chi connectivity index (χ1v) is 5.42. The van der Waals surface area contributed by atoms with Gasteiger partial charge in [-0.25, -0.2) is 9.67 Å². The van der Waals surface area contributed by atoms with E-state index in [1.54, 1.807) is 6.20 Å². The molecule has 0 unspecified atom stereocenters. The number of nitrogens with zero attached hydrogens (tertiary/aromatic N) is 3. The molecule has 0 radical (unpaired) electrons. The summed E-state index contributed by atoms with van der Waals surface area (Å²) in [4.78, 5) is 4.30. The average molecular weight is 216 g/mol. The van der Waals surface area contributed by atoms with Gasteiger partial charge in [0, 0.05) is 18.3 Å². The van der Waals surface area contributed by atoms with Crippen LogP contribution in [0.25, 0.3) is 5.82 Å². The Bertz CT molecular complexity index is 459. The highest BCUT2D eigenvalue weighted by Crippen LogP contribution is 2.21. The van der Waals surface area contributed by atoms with Crippen LogP contribution in [0.4, 0.5) is 0 Å². The van der Waals surface area contributed by atoms with Gasteiger partial charge in [-0.15, -0.1) is 0 Å². The Morgan fingerprint density at radius 2 is 2.19 bits per heavy atom. The molecule has 2 N–H and O–H groups in total. The highest BCUT2D eigenvalue weighted by Gasteiger charge is 2.14. The van der Waals surface area contributed by atoms with Crippen LogP contribution in [-0.4, -0.2) is 14.8 Å². The lowest BCUT2D eigenvalue weighted by atomic mass is 10.1. The van der Waals surface area contributed by atoms with E-state index in [2.05, 4.69) is 23.9 Å². The molecule has 84 valence electrons. The summed E-state index contributed by atoms with van der Waals surface area (Å²) in [6.45, 7) is 4.78. The molecule has 0 saturated carbocycles. The number of pyridine rings is 1. The van der Waals surface area contributed by atoms with Crippen LogP contribution in [0.3, 0.4) is 0 Å². The molecule has 0 aliphatic heterocycles. The van der Waals surface area contributed by atoms with E-state index in [1.165, 1.54) is 0 Å². The molecule has 16 heavy (non-hydrogen) atoms. The van der Waals surface area contributed by atoms with E-state index >= 15 is 0 Å². The lowest BCUT2D eigenvalue weighted by Gasteiger charge is -2.11. The summed E-state index contributed by atoms with van der Waals surface area (Å²) in [7, 11) is 0. The lowest BCUT2D eigenvalue weighted by Crippen LogP contribution is -2.08. The zero-order valence-corrected chi connectivity index (χ0v) is 9.59. The van der Waals surface area contributed by atoms with Gasteiger partial charge in [0.25, 0.3) is 0 Å². The van der Waals surface area contributed by atoms with Crippen LogP contribution >= 0.6 is 0 Å². The Hall–Kier alpha value is -1.68. The second kappa shape index (κ2) is 4.45. The van der Waals surface area contributed by atoms with Gasteiger partial charge in [0.05, 0.1) is 11.9 Å². The number of nitrogens with two attached hydrogens (primary N) is 1. The normalized spacial score (nSPS) is 11.0. The predicted octanol–water partition coefficient (Wildman–Crippen LogP) is 1.85. The van der Waals surface area contributed by atoms with Crippen molar-refractivity contribution in [1.82, 2.24) is 14.8 Å². The van der Waals surface area contributed by atoms with Gasteiger partial charge < -0.3 is 5.73 Å². The van der Waals surface area contributed by atoms with Crippen molar-refractivity contribution in [3.63, 3.8) is 0 Å². The zero-order valence-electron chi connectivity index (χ0n) is 9.59. The van der Waals surface area contributed by atoms with E-state index in [-0.39, 0.29) is 0 Å². The minimum atomic E-state index is 0.378. The Morgan fingerprint density at radius 1 is 1.38 bits per heavy atom.